The average molecular weight is 443 g/mol. The lowest BCUT2D eigenvalue weighted by Gasteiger charge is -2.25. The number of aromatic nitrogens is 1. The Morgan fingerprint density at radius 3 is 2.20 bits per heavy atom. The third-order valence-corrected chi connectivity index (χ3v) is 7.91. The van der Waals surface area contributed by atoms with Crippen LogP contribution in [0, 0.1) is 6.92 Å². The fraction of sp³-hybridized carbons (Fsp3) is 0.261. The summed E-state index contributed by atoms with van der Waals surface area (Å²) in [7, 11) is -5.20. The van der Waals surface area contributed by atoms with E-state index in [1.54, 1.807) is 42.7 Å². The number of pyridine rings is 1. The van der Waals surface area contributed by atoms with Crippen LogP contribution in [0.1, 0.15) is 43.5 Å². The van der Waals surface area contributed by atoms with Crippen LogP contribution in [0.4, 0.5) is 0 Å². The van der Waals surface area contributed by atoms with Gasteiger partial charge in [0, 0.05) is 17.1 Å². The Hall–Kier alpha value is -2.35. The van der Waals surface area contributed by atoms with Crippen LogP contribution in [-0.2, 0) is 20.8 Å². The van der Waals surface area contributed by atoms with Crippen molar-refractivity contribution in [2.75, 3.05) is 0 Å². The predicted molar refractivity (Wildman–Crippen MR) is 120 cm³/mol. The topological polar surface area (TPSA) is 76.1 Å². The van der Waals surface area contributed by atoms with Crippen molar-refractivity contribution in [2.24, 2.45) is 0 Å². The molecule has 0 aliphatic heterocycles. The van der Waals surface area contributed by atoms with Crippen LogP contribution in [0.25, 0.3) is 0 Å². The molecule has 1 N–H and O–H groups in total. The van der Waals surface area contributed by atoms with Gasteiger partial charge in [0.1, 0.15) is 0 Å². The first-order chi connectivity index (χ1) is 14.1. The molecule has 0 bridgehead atoms. The largest absolute Gasteiger partial charge is 0.263 e. The monoisotopic (exact) mass is 442 g/mol. The molecule has 0 saturated heterocycles. The van der Waals surface area contributed by atoms with Crippen molar-refractivity contribution in [3.63, 3.8) is 0 Å². The third kappa shape index (κ3) is 5.03. The zero-order valence-electron chi connectivity index (χ0n) is 17.5. The Balaban J connectivity index is 2.13. The van der Waals surface area contributed by atoms with E-state index in [-0.39, 0.29) is 4.90 Å². The molecule has 7 heteroatoms. The molecule has 0 amide bonds. The maximum atomic E-state index is 13.2. The van der Waals surface area contributed by atoms with Gasteiger partial charge in [0.05, 0.1) is 26.6 Å². The van der Waals surface area contributed by atoms with Crippen molar-refractivity contribution in [2.45, 2.75) is 48.3 Å². The summed E-state index contributed by atoms with van der Waals surface area (Å²) in [6.45, 7) is 7.55. The summed E-state index contributed by atoms with van der Waals surface area (Å²) in [5.41, 5.74) is 2.36. The van der Waals surface area contributed by atoms with Crippen molar-refractivity contribution < 1.29 is 12.6 Å². The lowest BCUT2D eigenvalue weighted by atomic mass is 10.0. The van der Waals surface area contributed by atoms with E-state index in [4.69, 9.17) is 0 Å². The average Bonchev–Trinajstić information content (AvgIpc) is 2.72. The van der Waals surface area contributed by atoms with Gasteiger partial charge in [0.2, 0.25) is 10.0 Å². The number of hydrogen-bond donors (Lipinski definition) is 1. The van der Waals surface area contributed by atoms with E-state index in [9.17, 15) is 12.6 Å². The van der Waals surface area contributed by atoms with E-state index in [0.29, 0.717) is 10.5 Å². The Morgan fingerprint density at radius 2 is 1.60 bits per heavy atom. The van der Waals surface area contributed by atoms with Crippen LogP contribution >= 0.6 is 0 Å². The number of hydrogen-bond acceptors (Lipinski definition) is 4. The van der Waals surface area contributed by atoms with Gasteiger partial charge in [-0.15, -0.1) is 0 Å². The molecule has 158 valence electrons. The van der Waals surface area contributed by atoms with Crippen molar-refractivity contribution in [3.05, 3.63) is 89.7 Å². The molecule has 0 aliphatic carbocycles. The first kappa shape index (κ1) is 22.3. The smallest absolute Gasteiger partial charge is 0.241 e. The zero-order chi connectivity index (χ0) is 21.9. The zero-order valence-corrected chi connectivity index (χ0v) is 19.1. The molecule has 30 heavy (non-hydrogen) atoms. The van der Waals surface area contributed by atoms with E-state index in [1.165, 1.54) is 0 Å². The summed E-state index contributed by atoms with van der Waals surface area (Å²) in [4.78, 5) is 4.85. The predicted octanol–water partition coefficient (Wildman–Crippen LogP) is 4.36. The number of nitrogens with zero attached hydrogens (tertiary/aromatic N) is 1. The van der Waals surface area contributed by atoms with Gasteiger partial charge < -0.3 is 0 Å². The van der Waals surface area contributed by atoms with Gasteiger partial charge in [-0.05, 0) is 57.0 Å². The molecule has 3 rings (SSSR count). The summed E-state index contributed by atoms with van der Waals surface area (Å²) in [6.07, 6.45) is 3.15. The van der Waals surface area contributed by atoms with Crippen LogP contribution < -0.4 is 4.72 Å². The highest BCUT2D eigenvalue weighted by atomic mass is 32.2. The summed E-state index contributed by atoms with van der Waals surface area (Å²) in [6, 6.07) is 17.0. The molecule has 2 aromatic carbocycles. The molecule has 0 aliphatic rings. The van der Waals surface area contributed by atoms with Crippen LogP contribution in [0.5, 0.6) is 0 Å². The molecule has 3 aromatic rings. The Morgan fingerprint density at radius 1 is 0.967 bits per heavy atom. The first-order valence-corrected chi connectivity index (χ1v) is 12.2. The minimum absolute atomic E-state index is 0.182. The number of nitrogens with one attached hydrogen (secondary N) is 1. The molecule has 0 fully saturated rings. The third-order valence-electron chi connectivity index (χ3n) is 4.62. The molecule has 5 nitrogen and oxygen atoms in total. The number of rotatable bonds is 6. The highest BCUT2D eigenvalue weighted by molar-refractivity contribution is 7.89. The van der Waals surface area contributed by atoms with Gasteiger partial charge in [-0.25, -0.2) is 8.42 Å². The minimum Gasteiger partial charge on any atom is -0.263 e. The van der Waals surface area contributed by atoms with E-state index in [0.717, 1.165) is 11.1 Å². The molecular formula is C23H26N2O3S2. The summed E-state index contributed by atoms with van der Waals surface area (Å²) in [5.74, 6) is 0. The van der Waals surface area contributed by atoms with Crippen LogP contribution in [0.15, 0.2) is 82.8 Å². The van der Waals surface area contributed by atoms with Gasteiger partial charge >= 0.3 is 0 Å². The maximum absolute atomic E-state index is 13.2. The molecule has 0 radical (unpaired) electrons. The van der Waals surface area contributed by atoms with Crippen molar-refractivity contribution >= 4 is 20.8 Å². The number of aryl methyl sites for hydroxylation is 1. The fourth-order valence-corrected chi connectivity index (χ4v) is 5.43. The summed E-state index contributed by atoms with van der Waals surface area (Å²) >= 11 is 0. The molecule has 0 saturated carbocycles. The standard InChI is InChI=1S/C23H26N2O3S2/c1-17-10-12-19(13-11-17)30(27,28)25-22(18-8-6-5-7-9-18)20-14-15-24-16-21(20)29(26)23(2,3)4/h5-16,22,25H,1-4H3/t22-,29+/m0/s1. The second-order valence-corrected chi connectivity index (χ2v) is 12.0. The van der Waals surface area contributed by atoms with Crippen molar-refractivity contribution in [3.8, 4) is 0 Å². The molecular weight excluding hydrogens is 416 g/mol. The number of benzene rings is 2. The van der Waals surface area contributed by atoms with E-state index in [1.807, 2.05) is 58.0 Å². The lowest BCUT2D eigenvalue weighted by Crippen LogP contribution is -2.31. The minimum atomic E-state index is -3.82. The van der Waals surface area contributed by atoms with Crippen LogP contribution in [-0.4, -0.2) is 22.4 Å². The summed E-state index contributed by atoms with van der Waals surface area (Å²) < 4.78 is 41.8. The van der Waals surface area contributed by atoms with E-state index in [2.05, 4.69) is 9.71 Å². The second kappa shape index (κ2) is 8.79. The Kier molecular flexibility index (Phi) is 6.55. The highest BCUT2D eigenvalue weighted by Gasteiger charge is 2.29. The maximum Gasteiger partial charge on any atom is 0.241 e. The molecule has 2 atom stereocenters. The van der Waals surface area contributed by atoms with Crippen LogP contribution in [0.2, 0.25) is 0 Å². The second-order valence-electron chi connectivity index (χ2n) is 8.07. The van der Waals surface area contributed by atoms with Crippen molar-refractivity contribution in [1.29, 1.82) is 0 Å². The summed E-state index contributed by atoms with van der Waals surface area (Å²) in [5, 5.41) is 0. The van der Waals surface area contributed by atoms with Gasteiger partial charge in [-0.1, -0.05) is 48.0 Å². The molecule has 1 aromatic heterocycles. The quantitative estimate of drug-likeness (QED) is 0.615. The normalized spacial score (nSPS) is 14.3. The van der Waals surface area contributed by atoms with E-state index < -0.39 is 31.6 Å². The molecule has 0 unspecified atom stereocenters. The Labute approximate surface area is 181 Å². The van der Waals surface area contributed by atoms with Gasteiger partial charge in [0.25, 0.3) is 0 Å². The lowest BCUT2D eigenvalue weighted by molar-refractivity contribution is 0.570. The van der Waals surface area contributed by atoms with Gasteiger partial charge in [-0.2, -0.15) is 4.72 Å². The molecule has 1 heterocycles. The molecule has 0 spiro atoms. The first-order valence-electron chi connectivity index (χ1n) is 9.59. The van der Waals surface area contributed by atoms with Gasteiger partial charge in [-0.3, -0.25) is 9.19 Å². The van der Waals surface area contributed by atoms with E-state index >= 15 is 0 Å². The Bertz CT molecular complexity index is 1140. The van der Waals surface area contributed by atoms with Crippen LogP contribution in [0.3, 0.4) is 0 Å². The SMILES string of the molecule is Cc1ccc(S(=O)(=O)N[C@@H](c2ccccc2)c2ccncc2[S@@](=O)C(C)(C)C)cc1. The van der Waals surface area contributed by atoms with Gasteiger partial charge in [0.15, 0.2) is 0 Å². The number of sulfonamides is 1. The highest BCUT2D eigenvalue weighted by Crippen LogP contribution is 2.31. The van der Waals surface area contributed by atoms with Crippen molar-refractivity contribution in [1.82, 2.24) is 9.71 Å². The fourth-order valence-electron chi connectivity index (χ4n) is 3.01.